The van der Waals surface area contributed by atoms with Gasteiger partial charge in [-0.25, -0.2) is 9.37 Å². The van der Waals surface area contributed by atoms with E-state index in [4.69, 9.17) is 11.6 Å². The highest BCUT2D eigenvalue weighted by molar-refractivity contribution is 6.33. The van der Waals surface area contributed by atoms with E-state index < -0.39 is 0 Å². The fourth-order valence-electron chi connectivity index (χ4n) is 1.97. The van der Waals surface area contributed by atoms with Gasteiger partial charge in [0.05, 0.1) is 11.1 Å². The normalized spacial score (nSPS) is 11.1. The van der Waals surface area contributed by atoms with Crippen LogP contribution in [-0.2, 0) is 0 Å². The summed E-state index contributed by atoms with van der Waals surface area (Å²) in [5.41, 5.74) is 0.741. The lowest BCUT2D eigenvalue weighted by Crippen LogP contribution is -2.27. The predicted molar refractivity (Wildman–Crippen MR) is 82.2 cm³/mol. The Kier molecular flexibility index (Phi) is 5.09. The molecular formula is C15H17ClFN3O. The number of halogens is 2. The van der Waals surface area contributed by atoms with Gasteiger partial charge in [-0.2, -0.15) is 0 Å². The Bertz CT molecular complexity index is 661. The first-order valence-electron chi connectivity index (χ1n) is 6.66. The van der Waals surface area contributed by atoms with Gasteiger partial charge in [0.2, 0.25) is 0 Å². The quantitative estimate of drug-likeness (QED) is 0.682. The molecule has 0 spiro atoms. The number of rotatable bonds is 5. The highest BCUT2D eigenvalue weighted by atomic mass is 35.5. The second kappa shape index (κ2) is 6.83. The molecular weight excluding hydrogens is 293 g/mol. The van der Waals surface area contributed by atoms with Gasteiger partial charge >= 0.3 is 0 Å². The molecule has 1 heterocycles. The summed E-state index contributed by atoms with van der Waals surface area (Å²) in [7, 11) is 3.95. The summed E-state index contributed by atoms with van der Waals surface area (Å²) in [5, 5.41) is 3.57. The van der Waals surface area contributed by atoms with Crippen LogP contribution in [0.4, 0.5) is 4.39 Å². The molecule has 2 rings (SSSR count). The molecule has 0 aliphatic rings. The number of fused-ring (bicyclic) bond motifs is 1. The van der Waals surface area contributed by atoms with Crippen molar-refractivity contribution in [3.63, 3.8) is 0 Å². The van der Waals surface area contributed by atoms with E-state index in [0.29, 0.717) is 23.0 Å². The molecule has 0 saturated heterocycles. The van der Waals surface area contributed by atoms with Gasteiger partial charge in [0, 0.05) is 18.0 Å². The van der Waals surface area contributed by atoms with Crippen LogP contribution in [0.25, 0.3) is 10.9 Å². The van der Waals surface area contributed by atoms with Crippen LogP contribution in [0.5, 0.6) is 0 Å². The van der Waals surface area contributed by atoms with Crippen molar-refractivity contribution in [1.29, 1.82) is 0 Å². The van der Waals surface area contributed by atoms with Crippen molar-refractivity contribution >= 4 is 28.4 Å². The number of benzene rings is 1. The van der Waals surface area contributed by atoms with Gasteiger partial charge < -0.3 is 10.2 Å². The van der Waals surface area contributed by atoms with Crippen LogP contribution in [0.1, 0.15) is 16.8 Å². The van der Waals surface area contributed by atoms with E-state index in [1.807, 2.05) is 19.0 Å². The van der Waals surface area contributed by atoms with Gasteiger partial charge in [-0.15, -0.1) is 0 Å². The summed E-state index contributed by atoms with van der Waals surface area (Å²) in [4.78, 5) is 18.2. The number of pyridine rings is 1. The average molecular weight is 310 g/mol. The van der Waals surface area contributed by atoms with Gasteiger partial charge in [0.25, 0.3) is 5.91 Å². The molecule has 1 N–H and O–H groups in total. The van der Waals surface area contributed by atoms with E-state index in [0.717, 1.165) is 13.0 Å². The largest absolute Gasteiger partial charge is 0.352 e. The molecule has 2 aromatic rings. The molecule has 112 valence electrons. The van der Waals surface area contributed by atoms with Crippen molar-refractivity contribution in [2.75, 3.05) is 27.2 Å². The number of carbonyl (C=O) groups is 1. The number of carbonyl (C=O) groups excluding carboxylic acids is 1. The minimum Gasteiger partial charge on any atom is -0.352 e. The lowest BCUT2D eigenvalue weighted by Gasteiger charge is -2.10. The molecule has 0 unspecified atom stereocenters. The van der Waals surface area contributed by atoms with Gasteiger partial charge in [-0.3, -0.25) is 4.79 Å². The van der Waals surface area contributed by atoms with Crippen LogP contribution in [-0.4, -0.2) is 43.0 Å². The third-order valence-electron chi connectivity index (χ3n) is 3.05. The van der Waals surface area contributed by atoms with Crippen molar-refractivity contribution in [1.82, 2.24) is 15.2 Å². The van der Waals surface area contributed by atoms with Crippen molar-refractivity contribution < 1.29 is 9.18 Å². The number of aromatic nitrogens is 1. The Morgan fingerprint density at radius 2 is 2.14 bits per heavy atom. The maximum Gasteiger partial charge on any atom is 0.254 e. The summed E-state index contributed by atoms with van der Waals surface area (Å²) in [5.74, 6) is -0.649. The van der Waals surface area contributed by atoms with E-state index in [1.54, 1.807) is 12.1 Å². The van der Waals surface area contributed by atoms with Crippen LogP contribution in [0, 0.1) is 5.82 Å². The van der Waals surface area contributed by atoms with Gasteiger partial charge in [-0.05, 0) is 45.3 Å². The highest BCUT2D eigenvalue weighted by Gasteiger charge is 2.13. The zero-order valence-corrected chi connectivity index (χ0v) is 12.7. The van der Waals surface area contributed by atoms with E-state index in [9.17, 15) is 9.18 Å². The van der Waals surface area contributed by atoms with Crippen LogP contribution < -0.4 is 5.32 Å². The predicted octanol–water partition coefficient (Wildman–Crippen LogP) is 2.71. The maximum atomic E-state index is 13.1. The van der Waals surface area contributed by atoms with Crippen LogP contribution in [0.3, 0.4) is 0 Å². The summed E-state index contributed by atoms with van der Waals surface area (Å²) in [6.07, 6.45) is 0.850. The second-order valence-corrected chi connectivity index (χ2v) is 5.43. The third kappa shape index (κ3) is 4.12. The van der Waals surface area contributed by atoms with E-state index in [-0.39, 0.29) is 16.9 Å². The fraction of sp³-hybridized carbons (Fsp3) is 0.333. The molecule has 6 heteroatoms. The first kappa shape index (κ1) is 15.7. The number of hydrogen-bond acceptors (Lipinski definition) is 3. The molecule has 1 aromatic heterocycles. The lowest BCUT2D eigenvalue weighted by atomic mass is 10.1. The zero-order chi connectivity index (χ0) is 15.4. The number of amides is 1. The minimum absolute atomic E-state index is 0.0817. The standard InChI is InChI=1S/C15H17ClFN3O/c1-20(2)7-3-6-18-15(21)12-8-10-4-5-11(17)9-13(10)19-14(12)16/h4-5,8-9H,3,6-7H2,1-2H3,(H,18,21). The van der Waals surface area contributed by atoms with Crippen LogP contribution in [0.2, 0.25) is 5.15 Å². The number of nitrogens with zero attached hydrogens (tertiary/aromatic N) is 2. The smallest absolute Gasteiger partial charge is 0.254 e. The molecule has 0 radical (unpaired) electrons. The Hall–Kier alpha value is -1.72. The van der Waals surface area contributed by atoms with E-state index in [2.05, 4.69) is 10.3 Å². The highest BCUT2D eigenvalue weighted by Crippen LogP contribution is 2.21. The SMILES string of the molecule is CN(C)CCCNC(=O)c1cc2ccc(F)cc2nc1Cl. The molecule has 0 aliphatic carbocycles. The van der Waals surface area contributed by atoms with Gasteiger partial charge in [0.1, 0.15) is 11.0 Å². The molecule has 21 heavy (non-hydrogen) atoms. The summed E-state index contributed by atoms with van der Waals surface area (Å²) in [6, 6.07) is 5.83. The number of hydrogen-bond donors (Lipinski definition) is 1. The Morgan fingerprint density at radius 1 is 1.38 bits per heavy atom. The van der Waals surface area contributed by atoms with E-state index in [1.165, 1.54) is 12.1 Å². The molecule has 0 fully saturated rings. The molecule has 0 saturated carbocycles. The first-order valence-corrected chi connectivity index (χ1v) is 7.04. The fourth-order valence-corrected chi connectivity index (χ4v) is 2.20. The van der Waals surface area contributed by atoms with Crippen molar-refractivity contribution in [2.45, 2.75) is 6.42 Å². The Morgan fingerprint density at radius 3 is 2.86 bits per heavy atom. The summed E-state index contributed by atoms with van der Waals surface area (Å²) in [6.45, 7) is 1.46. The lowest BCUT2D eigenvalue weighted by molar-refractivity contribution is 0.0952. The second-order valence-electron chi connectivity index (χ2n) is 5.08. The molecule has 1 aromatic carbocycles. The van der Waals surface area contributed by atoms with Crippen LogP contribution >= 0.6 is 11.6 Å². The van der Waals surface area contributed by atoms with Crippen molar-refractivity contribution in [3.05, 3.63) is 40.8 Å². The van der Waals surface area contributed by atoms with Crippen molar-refractivity contribution in [2.24, 2.45) is 0 Å². The third-order valence-corrected chi connectivity index (χ3v) is 3.33. The topological polar surface area (TPSA) is 45.2 Å². The van der Waals surface area contributed by atoms with Crippen LogP contribution in [0.15, 0.2) is 24.3 Å². The van der Waals surface area contributed by atoms with E-state index >= 15 is 0 Å². The number of nitrogens with one attached hydrogen (secondary N) is 1. The van der Waals surface area contributed by atoms with Crippen molar-refractivity contribution in [3.8, 4) is 0 Å². The molecule has 0 bridgehead atoms. The summed E-state index contributed by atoms with van der Waals surface area (Å²) < 4.78 is 13.1. The zero-order valence-electron chi connectivity index (χ0n) is 12.0. The maximum absolute atomic E-state index is 13.1. The molecule has 0 atom stereocenters. The Labute approximate surface area is 127 Å². The average Bonchev–Trinajstić information content (AvgIpc) is 2.42. The minimum atomic E-state index is -0.382. The molecule has 4 nitrogen and oxygen atoms in total. The summed E-state index contributed by atoms with van der Waals surface area (Å²) >= 11 is 6.01. The molecule has 0 aliphatic heterocycles. The molecule has 1 amide bonds. The van der Waals surface area contributed by atoms with Gasteiger partial charge in [0.15, 0.2) is 0 Å². The Balaban J connectivity index is 2.12. The van der Waals surface area contributed by atoms with Gasteiger partial charge in [-0.1, -0.05) is 11.6 Å². The first-order chi connectivity index (χ1) is 9.97. The monoisotopic (exact) mass is 309 g/mol.